The average molecular weight is 480 g/mol. The van der Waals surface area contributed by atoms with Gasteiger partial charge in [0, 0.05) is 21.1 Å². The van der Waals surface area contributed by atoms with Crippen LogP contribution in [0.3, 0.4) is 0 Å². The van der Waals surface area contributed by atoms with Gasteiger partial charge in [-0.2, -0.15) is 0 Å². The Morgan fingerprint density at radius 1 is 1.14 bits per heavy atom. The smallest absolute Gasteiger partial charge is 0.244 e. The van der Waals surface area contributed by atoms with Crippen LogP contribution >= 0.6 is 27.7 Å². The standard InChI is InChI=1S/C19H18BrN3O3S2/c20-13-6-8-14(9-7-13)21-18(24)10-23(15-4-2-1-3-5-15)19-22-16-11-28(25,26)12-17(16)27-19/h1-9,16-17H,10-12H2,(H,21,24)/t16-,17-/m1/s1. The van der Waals surface area contributed by atoms with Crippen molar-refractivity contribution in [2.24, 2.45) is 4.99 Å². The van der Waals surface area contributed by atoms with Gasteiger partial charge < -0.3 is 10.2 Å². The van der Waals surface area contributed by atoms with E-state index in [1.807, 2.05) is 59.5 Å². The number of anilines is 2. The number of hydrogen-bond donors (Lipinski definition) is 1. The molecule has 0 aromatic heterocycles. The second-order valence-electron chi connectivity index (χ2n) is 6.69. The predicted octanol–water partition coefficient (Wildman–Crippen LogP) is 3.16. The number of sulfone groups is 1. The summed E-state index contributed by atoms with van der Waals surface area (Å²) in [6.07, 6.45) is 0. The number of hydrogen-bond acceptors (Lipinski definition) is 6. The maximum absolute atomic E-state index is 12.7. The molecular formula is C19H18BrN3O3S2. The first-order valence-corrected chi connectivity index (χ1v) is 12.2. The molecule has 0 spiro atoms. The third-order valence-corrected chi connectivity index (χ3v) is 8.31. The maximum Gasteiger partial charge on any atom is 0.244 e. The van der Waals surface area contributed by atoms with Gasteiger partial charge >= 0.3 is 0 Å². The molecule has 1 N–H and O–H groups in total. The SMILES string of the molecule is O=C(CN(C1=N[C@@H]2CS(=O)(=O)C[C@H]2S1)c1ccccc1)Nc1ccc(Br)cc1. The molecule has 1 fully saturated rings. The van der Waals surface area contributed by atoms with E-state index in [1.165, 1.54) is 11.8 Å². The van der Waals surface area contributed by atoms with Gasteiger partial charge in [-0.1, -0.05) is 45.9 Å². The van der Waals surface area contributed by atoms with Crippen molar-refractivity contribution in [3.05, 3.63) is 59.1 Å². The highest BCUT2D eigenvalue weighted by Crippen LogP contribution is 2.36. The van der Waals surface area contributed by atoms with Gasteiger partial charge in [0.25, 0.3) is 0 Å². The number of nitrogens with one attached hydrogen (secondary N) is 1. The molecule has 2 heterocycles. The van der Waals surface area contributed by atoms with Crippen LogP contribution in [0.25, 0.3) is 0 Å². The van der Waals surface area contributed by atoms with E-state index in [0.717, 1.165) is 10.2 Å². The van der Waals surface area contributed by atoms with Crippen molar-refractivity contribution in [1.82, 2.24) is 0 Å². The molecule has 6 nitrogen and oxygen atoms in total. The molecule has 0 bridgehead atoms. The number of benzene rings is 2. The average Bonchev–Trinajstić information content (AvgIpc) is 3.16. The van der Waals surface area contributed by atoms with Gasteiger partial charge in [0.2, 0.25) is 5.91 Å². The number of amides is 1. The first-order valence-electron chi connectivity index (χ1n) is 8.72. The number of para-hydroxylation sites is 1. The molecule has 1 amide bonds. The van der Waals surface area contributed by atoms with E-state index in [0.29, 0.717) is 10.9 Å². The summed E-state index contributed by atoms with van der Waals surface area (Å²) in [7, 11) is -3.02. The Balaban J connectivity index is 1.54. The monoisotopic (exact) mass is 479 g/mol. The zero-order chi connectivity index (χ0) is 19.7. The van der Waals surface area contributed by atoms with Crippen molar-refractivity contribution in [2.75, 3.05) is 28.3 Å². The van der Waals surface area contributed by atoms with E-state index < -0.39 is 9.84 Å². The molecule has 28 heavy (non-hydrogen) atoms. The molecule has 0 aliphatic carbocycles. The number of carbonyl (C=O) groups is 1. The molecule has 0 radical (unpaired) electrons. The van der Waals surface area contributed by atoms with Crippen molar-refractivity contribution < 1.29 is 13.2 Å². The van der Waals surface area contributed by atoms with Crippen LogP contribution in [0.1, 0.15) is 0 Å². The third-order valence-electron chi connectivity index (χ3n) is 4.53. The second-order valence-corrected chi connectivity index (χ2v) is 11.0. The number of fused-ring (bicyclic) bond motifs is 1. The number of nitrogens with zero attached hydrogens (tertiary/aromatic N) is 2. The molecule has 0 saturated carbocycles. The Kier molecular flexibility index (Phi) is 5.48. The van der Waals surface area contributed by atoms with Gasteiger partial charge in [0.05, 0.1) is 17.5 Å². The first kappa shape index (κ1) is 19.5. The minimum absolute atomic E-state index is 0.0688. The highest BCUT2D eigenvalue weighted by Gasteiger charge is 2.44. The van der Waals surface area contributed by atoms with Gasteiger partial charge in [-0.05, 0) is 36.4 Å². The van der Waals surface area contributed by atoms with Crippen molar-refractivity contribution in [3.63, 3.8) is 0 Å². The summed E-state index contributed by atoms with van der Waals surface area (Å²) < 4.78 is 24.6. The van der Waals surface area contributed by atoms with Crippen LogP contribution in [-0.2, 0) is 14.6 Å². The highest BCUT2D eigenvalue weighted by atomic mass is 79.9. The van der Waals surface area contributed by atoms with Crippen LogP contribution in [0.2, 0.25) is 0 Å². The van der Waals surface area contributed by atoms with Gasteiger partial charge in [-0.3, -0.25) is 9.79 Å². The lowest BCUT2D eigenvalue weighted by Gasteiger charge is -2.24. The summed E-state index contributed by atoms with van der Waals surface area (Å²) >= 11 is 4.82. The molecule has 2 aromatic rings. The van der Waals surface area contributed by atoms with Crippen molar-refractivity contribution in [2.45, 2.75) is 11.3 Å². The fourth-order valence-electron chi connectivity index (χ4n) is 3.23. The summed E-state index contributed by atoms with van der Waals surface area (Å²) in [4.78, 5) is 19.1. The number of halogens is 1. The zero-order valence-corrected chi connectivity index (χ0v) is 18.0. The first-order chi connectivity index (χ1) is 13.4. The van der Waals surface area contributed by atoms with Crippen LogP contribution in [0, 0.1) is 0 Å². The van der Waals surface area contributed by atoms with Crippen LogP contribution in [0.15, 0.2) is 64.1 Å². The normalized spacial score (nSPS) is 22.4. The van der Waals surface area contributed by atoms with Gasteiger partial charge in [0.1, 0.15) is 6.54 Å². The lowest BCUT2D eigenvalue weighted by molar-refractivity contribution is -0.114. The van der Waals surface area contributed by atoms with E-state index in [2.05, 4.69) is 26.2 Å². The lowest BCUT2D eigenvalue weighted by atomic mass is 10.2. The molecule has 9 heteroatoms. The molecule has 2 aliphatic rings. The van der Waals surface area contributed by atoms with E-state index >= 15 is 0 Å². The van der Waals surface area contributed by atoms with Crippen LogP contribution in [-0.4, -0.2) is 48.8 Å². The molecule has 2 aliphatic heterocycles. The van der Waals surface area contributed by atoms with Crippen LogP contribution in [0.4, 0.5) is 11.4 Å². The number of thioether (sulfide) groups is 1. The summed E-state index contributed by atoms with van der Waals surface area (Å²) in [5.41, 5.74) is 1.56. The quantitative estimate of drug-likeness (QED) is 0.728. The number of rotatable bonds is 4. The number of carbonyl (C=O) groups excluding carboxylic acids is 1. The summed E-state index contributed by atoms with van der Waals surface area (Å²) in [5, 5.41) is 3.52. The van der Waals surface area contributed by atoms with E-state index in [1.54, 1.807) is 0 Å². The fourth-order valence-corrected chi connectivity index (χ4v) is 7.27. The fraction of sp³-hybridized carbons (Fsp3) is 0.263. The Morgan fingerprint density at radius 2 is 1.86 bits per heavy atom. The third kappa shape index (κ3) is 4.42. The number of aliphatic imine (C=N–C) groups is 1. The summed E-state index contributed by atoms with van der Waals surface area (Å²) in [6, 6.07) is 16.7. The van der Waals surface area contributed by atoms with Crippen LogP contribution < -0.4 is 10.2 Å². The molecule has 146 valence electrons. The van der Waals surface area contributed by atoms with E-state index in [-0.39, 0.29) is 35.2 Å². The van der Waals surface area contributed by atoms with Gasteiger partial charge in [-0.15, -0.1) is 0 Å². The Morgan fingerprint density at radius 3 is 2.54 bits per heavy atom. The Labute approximate surface area is 176 Å². The zero-order valence-electron chi connectivity index (χ0n) is 14.8. The highest BCUT2D eigenvalue weighted by molar-refractivity contribution is 9.10. The lowest BCUT2D eigenvalue weighted by Crippen LogP contribution is -2.36. The Hall–Kier alpha value is -1.84. The van der Waals surface area contributed by atoms with Crippen molar-refractivity contribution >= 4 is 60.0 Å². The second kappa shape index (κ2) is 7.88. The van der Waals surface area contributed by atoms with E-state index in [4.69, 9.17) is 0 Å². The minimum atomic E-state index is -3.02. The van der Waals surface area contributed by atoms with Crippen molar-refractivity contribution in [3.8, 4) is 0 Å². The Bertz CT molecular complexity index is 1010. The molecule has 4 rings (SSSR count). The minimum Gasteiger partial charge on any atom is -0.325 e. The molecule has 2 aromatic carbocycles. The molecule has 1 saturated heterocycles. The van der Waals surface area contributed by atoms with Crippen molar-refractivity contribution in [1.29, 1.82) is 0 Å². The molecular weight excluding hydrogens is 462 g/mol. The summed E-state index contributed by atoms with van der Waals surface area (Å²) in [6.45, 7) is 0.0953. The van der Waals surface area contributed by atoms with Gasteiger partial charge in [0.15, 0.2) is 15.0 Å². The topological polar surface area (TPSA) is 78.8 Å². The largest absolute Gasteiger partial charge is 0.325 e. The molecule has 2 atom stereocenters. The number of amidine groups is 1. The van der Waals surface area contributed by atoms with Crippen LogP contribution in [0.5, 0.6) is 0 Å². The molecule has 0 unspecified atom stereocenters. The van der Waals surface area contributed by atoms with Gasteiger partial charge in [-0.25, -0.2) is 8.42 Å². The maximum atomic E-state index is 12.7. The van der Waals surface area contributed by atoms with E-state index in [9.17, 15) is 13.2 Å². The summed E-state index contributed by atoms with van der Waals surface area (Å²) in [5.74, 6) is 0.0597. The predicted molar refractivity (Wildman–Crippen MR) is 118 cm³/mol.